The Balaban J connectivity index is 1.10. The van der Waals surface area contributed by atoms with Gasteiger partial charge in [0.25, 0.3) is 0 Å². The van der Waals surface area contributed by atoms with Gasteiger partial charge in [0, 0.05) is 36.7 Å². The smallest absolute Gasteiger partial charge is 0.416 e. The van der Waals surface area contributed by atoms with Gasteiger partial charge in [-0.25, -0.2) is 0 Å². The Bertz CT molecular complexity index is 1200. The van der Waals surface area contributed by atoms with Crippen molar-refractivity contribution in [3.63, 3.8) is 0 Å². The van der Waals surface area contributed by atoms with E-state index in [1.54, 1.807) is 16.7 Å². The average molecular weight is 502 g/mol. The van der Waals surface area contributed by atoms with Crippen LogP contribution in [0.2, 0.25) is 0 Å². The van der Waals surface area contributed by atoms with Crippen LogP contribution in [0.15, 0.2) is 54.7 Å². The van der Waals surface area contributed by atoms with Gasteiger partial charge < -0.3 is 24.5 Å². The lowest BCUT2D eigenvalue weighted by atomic mass is 9.89. The summed E-state index contributed by atoms with van der Waals surface area (Å²) in [4.78, 5) is 16.5. The Hall–Kier alpha value is -3.76. The summed E-state index contributed by atoms with van der Waals surface area (Å²) in [5.41, 5.74) is 1.40. The molecule has 1 fully saturated rings. The van der Waals surface area contributed by atoms with Crippen LogP contribution in [-0.2, 0) is 12.7 Å². The fourth-order valence-corrected chi connectivity index (χ4v) is 4.69. The first-order valence-electron chi connectivity index (χ1n) is 11.8. The van der Waals surface area contributed by atoms with Gasteiger partial charge in [0.1, 0.15) is 24.7 Å². The number of imidazole rings is 1. The second kappa shape index (κ2) is 9.71. The van der Waals surface area contributed by atoms with Crippen molar-refractivity contribution in [1.29, 1.82) is 0 Å². The molecule has 1 aromatic heterocycles. The summed E-state index contributed by atoms with van der Waals surface area (Å²) in [5, 5.41) is 10.9. The van der Waals surface area contributed by atoms with Gasteiger partial charge in [-0.1, -0.05) is 12.1 Å². The van der Waals surface area contributed by atoms with E-state index in [4.69, 9.17) is 9.47 Å². The number of piperidine rings is 1. The van der Waals surface area contributed by atoms with Crippen molar-refractivity contribution >= 4 is 11.5 Å². The number of hydrogen-bond acceptors (Lipinski definition) is 6. The molecule has 5 rings (SSSR count). The highest BCUT2D eigenvalue weighted by atomic mass is 19.4. The van der Waals surface area contributed by atoms with Crippen LogP contribution in [0.3, 0.4) is 0 Å². The first kappa shape index (κ1) is 24.0. The van der Waals surface area contributed by atoms with E-state index in [1.807, 2.05) is 24.3 Å². The predicted molar refractivity (Wildman–Crippen MR) is 125 cm³/mol. The third kappa shape index (κ3) is 5.24. The maximum Gasteiger partial charge on any atom is 0.416 e. The van der Waals surface area contributed by atoms with Crippen molar-refractivity contribution < 1.29 is 27.6 Å². The van der Waals surface area contributed by atoms with Crippen molar-refractivity contribution in [2.45, 2.75) is 44.0 Å². The van der Waals surface area contributed by atoms with Gasteiger partial charge in [-0.15, -0.1) is 0 Å². The predicted octanol–water partition coefficient (Wildman–Crippen LogP) is 5.42. The summed E-state index contributed by atoms with van der Waals surface area (Å²) in [6.07, 6.45) is -0.784. The molecule has 3 aromatic rings. The number of halogens is 3. The van der Waals surface area contributed by atoms with Crippen molar-refractivity contribution in [2.75, 3.05) is 24.6 Å². The zero-order valence-electron chi connectivity index (χ0n) is 19.4. The standard InChI is InChI=1S/C25H25F3N4O4/c26-25(27,28)19-3-1-17(2-4-19)18-9-12-30(13-10-18)20-5-7-21(8-6-20)35-16-22-11-14-31-15-23(32(33)34)29-24(31)36-22/h1-8,15,18,22H,9-14,16H2. The van der Waals surface area contributed by atoms with Crippen LogP contribution in [0, 0.1) is 10.1 Å². The van der Waals surface area contributed by atoms with Crippen molar-refractivity contribution in [2.24, 2.45) is 0 Å². The highest BCUT2D eigenvalue weighted by molar-refractivity contribution is 5.49. The van der Waals surface area contributed by atoms with E-state index in [-0.39, 0.29) is 23.9 Å². The first-order valence-corrected chi connectivity index (χ1v) is 11.8. The van der Waals surface area contributed by atoms with Crippen LogP contribution in [0.5, 0.6) is 11.8 Å². The molecule has 0 N–H and O–H groups in total. The molecule has 0 radical (unpaired) electrons. The summed E-state index contributed by atoms with van der Waals surface area (Å²) in [5.74, 6) is 0.714. The van der Waals surface area contributed by atoms with Crippen LogP contribution < -0.4 is 14.4 Å². The number of fused-ring (bicyclic) bond motifs is 1. The molecular formula is C25H25F3N4O4. The van der Waals surface area contributed by atoms with E-state index in [1.165, 1.54) is 6.20 Å². The average Bonchev–Trinajstić information content (AvgIpc) is 3.32. The van der Waals surface area contributed by atoms with Crippen LogP contribution >= 0.6 is 0 Å². The second-order valence-corrected chi connectivity index (χ2v) is 9.05. The lowest BCUT2D eigenvalue weighted by molar-refractivity contribution is -0.389. The topological polar surface area (TPSA) is 82.7 Å². The number of hydrogen-bond donors (Lipinski definition) is 0. The zero-order valence-corrected chi connectivity index (χ0v) is 19.4. The number of anilines is 1. The first-order chi connectivity index (χ1) is 17.3. The van der Waals surface area contributed by atoms with Crippen LogP contribution in [0.4, 0.5) is 24.7 Å². The lowest BCUT2D eigenvalue weighted by Gasteiger charge is -2.34. The Morgan fingerprint density at radius 3 is 2.36 bits per heavy atom. The molecule has 1 atom stereocenters. The molecule has 8 nitrogen and oxygen atoms in total. The molecular weight excluding hydrogens is 477 g/mol. The number of aromatic nitrogens is 2. The van der Waals surface area contributed by atoms with Crippen molar-refractivity contribution in [3.05, 3.63) is 76.0 Å². The van der Waals surface area contributed by atoms with Gasteiger partial charge in [-0.3, -0.25) is 4.57 Å². The maximum absolute atomic E-state index is 12.8. The molecule has 2 aromatic carbocycles. The molecule has 2 aliphatic rings. The monoisotopic (exact) mass is 502 g/mol. The minimum atomic E-state index is -4.31. The van der Waals surface area contributed by atoms with E-state index in [2.05, 4.69) is 9.88 Å². The van der Waals surface area contributed by atoms with E-state index in [0.29, 0.717) is 25.3 Å². The second-order valence-electron chi connectivity index (χ2n) is 9.05. The Morgan fingerprint density at radius 2 is 1.72 bits per heavy atom. The number of ether oxygens (including phenoxy) is 2. The van der Waals surface area contributed by atoms with Crippen LogP contribution in [-0.4, -0.2) is 40.3 Å². The molecule has 11 heteroatoms. The number of rotatable bonds is 6. The van der Waals surface area contributed by atoms with Gasteiger partial charge >= 0.3 is 18.0 Å². The van der Waals surface area contributed by atoms with E-state index < -0.39 is 16.7 Å². The molecule has 190 valence electrons. The van der Waals surface area contributed by atoms with Crippen molar-refractivity contribution in [1.82, 2.24) is 9.55 Å². The molecule has 1 saturated heterocycles. The number of alkyl halides is 3. The largest absolute Gasteiger partial charge is 0.490 e. The fourth-order valence-electron chi connectivity index (χ4n) is 4.69. The molecule has 1 unspecified atom stereocenters. The van der Waals surface area contributed by atoms with Gasteiger partial charge in [0.2, 0.25) is 0 Å². The molecule has 0 spiro atoms. The van der Waals surface area contributed by atoms with E-state index in [0.717, 1.165) is 49.3 Å². The summed E-state index contributed by atoms with van der Waals surface area (Å²) in [7, 11) is 0. The molecule has 0 bridgehead atoms. The minimum Gasteiger partial charge on any atom is -0.490 e. The molecule has 0 amide bonds. The highest BCUT2D eigenvalue weighted by Gasteiger charge is 2.31. The van der Waals surface area contributed by atoms with E-state index in [9.17, 15) is 23.3 Å². The molecule has 0 aliphatic carbocycles. The van der Waals surface area contributed by atoms with Gasteiger partial charge in [0.05, 0.1) is 5.56 Å². The van der Waals surface area contributed by atoms with E-state index >= 15 is 0 Å². The summed E-state index contributed by atoms with van der Waals surface area (Å²) >= 11 is 0. The number of nitrogens with zero attached hydrogens (tertiary/aromatic N) is 4. The third-order valence-corrected chi connectivity index (χ3v) is 6.72. The van der Waals surface area contributed by atoms with Crippen LogP contribution in [0.25, 0.3) is 0 Å². The Morgan fingerprint density at radius 1 is 1.03 bits per heavy atom. The maximum atomic E-state index is 12.8. The molecule has 36 heavy (non-hydrogen) atoms. The number of benzene rings is 2. The van der Waals surface area contributed by atoms with Crippen molar-refractivity contribution in [3.8, 4) is 11.8 Å². The summed E-state index contributed by atoms with van der Waals surface area (Å²) in [6.45, 7) is 2.52. The summed E-state index contributed by atoms with van der Waals surface area (Å²) in [6, 6.07) is 13.5. The molecule has 2 aliphatic heterocycles. The zero-order chi connectivity index (χ0) is 25.3. The highest BCUT2D eigenvalue weighted by Crippen LogP contribution is 2.34. The fraction of sp³-hybridized carbons (Fsp3) is 0.400. The quantitative estimate of drug-likeness (QED) is 0.331. The Labute approximate surface area is 205 Å². The summed E-state index contributed by atoms with van der Waals surface area (Å²) < 4.78 is 51.6. The number of aryl methyl sites for hydroxylation is 1. The minimum absolute atomic E-state index is 0.231. The lowest BCUT2D eigenvalue weighted by Crippen LogP contribution is -2.33. The van der Waals surface area contributed by atoms with Gasteiger partial charge in [-0.2, -0.15) is 13.2 Å². The molecule has 3 heterocycles. The SMILES string of the molecule is O=[N+]([O-])c1cn2c(n1)OC(COc1ccc(N3CCC(c4ccc(C(F)(F)F)cc4)CC3)cc1)CC2. The van der Waals surface area contributed by atoms with Crippen LogP contribution in [0.1, 0.15) is 36.3 Å². The normalized spacial score (nSPS) is 18.4. The van der Waals surface area contributed by atoms with Gasteiger partial charge in [-0.05, 0) is 65.6 Å². The third-order valence-electron chi connectivity index (χ3n) is 6.72. The molecule has 0 saturated carbocycles. The number of nitro groups is 1. The van der Waals surface area contributed by atoms with Gasteiger partial charge in [0.15, 0.2) is 0 Å². The Kier molecular flexibility index (Phi) is 6.46.